The second-order valence-electron chi connectivity index (χ2n) is 11.4. The van der Waals surface area contributed by atoms with Gasteiger partial charge in [0, 0.05) is 44.5 Å². The molecule has 2 fully saturated rings. The van der Waals surface area contributed by atoms with Gasteiger partial charge in [-0.05, 0) is 23.3 Å². The van der Waals surface area contributed by atoms with E-state index in [9.17, 15) is 19.2 Å². The summed E-state index contributed by atoms with van der Waals surface area (Å²) in [5, 5.41) is 3.53. The molecule has 2 saturated heterocycles. The van der Waals surface area contributed by atoms with E-state index in [1.807, 2.05) is 78.9 Å². The summed E-state index contributed by atoms with van der Waals surface area (Å²) in [6, 6.07) is 26.1. The number of nitrogens with one attached hydrogen (secondary N) is 1. The quantitative estimate of drug-likeness (QED) is 0.312. The van der Waals surface area contributed by atoms with Crippen LogP contribution in [0.3, 0.4) is 0 Å². The summed E-state index contributed by atoms with van der Waals surface area (Å²) < 4.78 is 11.1. The summed E-state index contributed by atoms with van der Waals surface area (Å²) in [6.45, 7) is 2.65. The number of amides is 4. The van der Waals surface area contributed by atoms with Crippen molar-refractivity contribution in [1.29, 1.82) is 0 Å². The van der Waals surface area contributed by atoms with Gasteiger partial charge in [0.05, 0.1) is 19.6 Å². The molecule has 10 nitrogen and oxygen atoms in total. The third-order valence-corrected chi connectivity index (χ3v) is 8.35. The van der Waals surface area contributed by atoms with E-state index in [4.69, 9.17) is 9.15 Å². The number of furan rings is 1. The molecule has 3 aromatic carbocycles. The highest BCUT2D eigenvalue weighted by Gasteiger charge is 2.41. The summed E-state index contributed by atoms with van der Waals surface area (Å²) >= 11 is 0. The monoisotopic (exact) mass is 608 g/mol. The van der Waals surface area contributed by atoms with Gasteiger partial charge in [0.2, 0.25) is 17.7 Å². The van der Waals surface area contributed by atoms with E-state index < -0.39 is 23.9 Å². The van der Waals surface area contributed by atoms with E-state index in [1.165, 1.54) is 4.90 Å². The van der Waals surface area contributed by atoms with Crippen LogP contribution in [-0.4, -0.2) is 89.8 Å². The van der Waals surface area contributed by atoms with Crippen molar-refractivity contribution >= 4 is 34.6 Å². The molecule has 0 unspecified atom stereocenters. The number of hydrogen-bond acceptors (Lipinski definition) is 6. The molecule has 3 heterocycles. The number of rotatable bonds is 9. The SMILES string of the molecule is O=C(N[C@@H](CC(=O)N1CCOCC1)C(=O)N1CCN(Cc2ccccc2)C(=O)[C@@H]1Cc1ccccc1)c1cc2ccccc2o1. The van der Waals surface area contributed by atoms with E-state index in [0.717, 1.165) is 16.5 Å². The van der Waals surface area contributed by atoms with Crippen molar-refractivity contribution < 1.29 is 28.3 Å². The lowest BCUT2D eigenvalue weighted by Gasteiger charge is -2.42. The summed E-state index contributed by atoms with van der Waals surface area (Å²) in [4.78, 5) is 60.2. The molecule has 0 radical (unpaired) electrons. The van der Waals surface area contributed by atoms with E-state index in [2.05, 4.69) is 5.32 Å². The number of hydrogen-bond donors (Lipinski definition) is 1. The van der Waals surface area contributed by atoms with Crippen LogP contribution in [0.25, 0.3) is 11.0 Å². The van der Waals surface area contributed by atoms with E-state index in [0.29, 0.717) is 51.4 Å². The molecule has 10 heteroatoms. The van der Waals surface area contributed by atoms with Crippen LogP contribution in [0.15, 0.2) is 95.4 Å². The number of ether oxygens (including phenoxy) is 1. The number of morpholine rings is 1. The average Bonchev–Trinajstić information content (AvgIpc) is 3.52. The lowest BCUT2D eigenvalue weighted by molar-refractivity contribution is -0.153. The van der Waals surface area contributed by atoms with Gasteiger partial charge < -0.3 is 29.2 Å². The summed E-state index contributed by atoms with van der Waals surface area (Å²) in [6.07, 6.45) is 0.0552. The molecule has 2 atom stereocenters. The molecular weight excluding hydrogens is 572 g/mol. The Labute approximate surface area is 261 Å². The Morgan fingerprint density at radius 1 is 0.822 bits per heavy atom. The third kappa shape index (κ3) is 7.07. The maximum absolute atomic E-state index is 14.4. The van der Waals surface area contributed by atoms with Crippen molar-refractivity contribution in [1.82, 2.24) is 20.0 Å². The molecule has 0 aliphatic carbocycles. The molecule has 0 bridgehead atoms. The number of fused-ring (bicyclic) bond motifs is 1. The van der Waals surface area contributed by atoms with Crippen molar-refractivity contribution in [2.45, 2.75) is 31.5 Å². The van der Waals surface area contributed by atoms with Gasteiger partial charge >= 0.3 is 0 Å². The predicted octanol–water partition coefficient (Wildman–Crippen LogP) is 3.26. The van der Waals surface area contributed by atoms with Crippen molar-refractivity contribution in [3.63, 3.8) is 0 Å². The van der Waals surface area contributed by atoms with Crippen LogP contribution in [0.5, 0.6) is 0 Å². The zero-order chi connectivity index (χ0) is 31.2. The van der Waals surface area contributed by atoms with E-state index >= 15 is 0 Å². The van der Waals surface area contributed by atoms with Crippen LogP contribution in [0, 0.1) is 0 Å². The minimum Gasteiger partial charge on any atom is -0.451 e. The first-order chi connectivity index (χ1) is 22.0. The van der Waals surface area contributed by atoms with Crippen LogP contribution in [0.4, 0.5) is 0 Å². The topological polar surface area (TPSA) is 112 Å². The Morgan fingerprint density at radius 2 is 1.49 bits per heavy atom. The van der Waals surface area contributed by atoms with Crippen LogP contribution in [0.2, 0.25) is 0 Å². The Morgan fingerprint density at radius 3 is 2.20 bits per heavy atom. The van der Waals surface area contributed by atoms with Crippen molar-refractivity contribution in [2.24, 2.45) is 0 Å². The van der Waals surface area contributed by atoms with Gasteiger partial charge in [-0.25, -0.2) is 0 Å². The van der Waals surface area contributed by atoms with Crippen molar-refractivity contribution in [3.8, 4) is 0 Å². The lowest BCUT2D eigenvalue weighted by atomic mass is 9.99. The largest absolute Gasteiger partial charge is 0.451 e. The smallest absolute Gasteiger partial charge is 0.287 e. The second kappa shape index (κ2) is 13.8. The molecule has 4 aromatic rings. The summed E-state index contributed by atoms with van der Waals surface area (Å²) in [5.74, 6) is -1.49. The number of carbonyl (C=O) groups excluding carboxylic acids is 4. The molecule has 1 aromatic heterocycles. The maximum Gasteiger partial charge on any atom is 0.287 e. The highest BCUT2D eigenvalue weighted by atomic mass is 16.5. The molecule has 1 N–H and O–H groups in total. The van der Waals surface area contributed by atoms with Gasteiger partial charge in [-0.15, -0.1) is 0 Å². The van der Waals surface area contributed by atoms with Crippen molar-refractivity contribution in [2.75, 3.05) is 39.4 Å². The lowest BCUT2D eigenvalue weighted by Crippen LogP contribution is -2.63. The van der Waals surface area contributed by atoms with Crippen LogP contribution >= 0.6 is 0 Å². The highest BCUT2D eigenvalue weighted by molar-refractivity contribution is 6.00. The molecule has 45 heavy (non-hydrogen) atoms. The molecule has 232 valence electrons. The minimum absolute atomic E-state index is 0.0393. The number of piperazine rings is 1. The average molecular weight is 609 g/mol. The fourth-order valence-corrected chi connectivity index (χ4v) is 5.94. The van der Waals surface area contributed by atoms with Gasteiger partial charge in [0.15, 0.2) is 5.76 Å². The molecule has 2 aliphatic rings. The predicted molar refractivity (Wildman–Crippen MR) is 167 cm³/mol. The Kier molecular flexibility index (Phi) is 9.21. The molecular formula is C35H36N4O6. The minimum atomic E-state index is -1.20. The van der Waals surface area contributed by atoms with Gasteiger partial charge in [-0.1, -0.05) is 78.9 Å². The zero-order valence-electron chi connectivity index (χ0n) is 25.0. The zero-order valence-corrected chi connectivity index (χ0v) is 25.0. The number of para-hydroxylation sites is 1. The molecule has 2 aliphatic heterocycles. The third-order valence-electron chi connectivity index (χ3n) is 8.35. The fraction of sp³-hybridized carbons (Fsp3) is 0.314. The first kappa shape index (κ1) is 30.1. The second-order valence-corrected chi connectivity index (χ2v) is 11.4. The molecule has 0 saturated carbocycles. The number of benzene rings is 3. The molecule has 0 spiro atoms. The normalized spacial score (nSPS) is 17.7. The van der Waals surface area contributed by atoms with E-state index in [1.54, 1.807) is 21.9 Å². The Bertz CT molecular complexity index is 1620. The first-order valence-corrected chi connectivity index (χ1v) is 15.3. The Balaban J connectivity index is 1.27. The maximum atomic E-state index is 14.4. The van der Waals surface area contributed by atoms with Gasteiger partial charge in [0.1, 0.15) is 17.7 Å². The number of nitrogens with zero attached hydrogens (tertiary/aromatic N) is 3. The summed E-state index contributed by atoms with van der Waals surface area (Å²) in [5.41, 5.74) is 2.44. The van der Waals surface area contributed by atoms with E-state index in [-0.39, 0.29) is 30.5 Å². The van der Waals surface area contributed by atoms with Crippen molar-refractivity contribution in [3.05, 3.63) is 108 Å². The standard InChI is InChI=1S/C35H36N4O6/c40-32(37-17-19-44-20-18-37)23-28(36-33(41)31-22-27-13-7-8-14-30(27)45-31)34(42)39-16-15-38(24-26-11-5-2-6-12-26)35(43)29(39)21-25-9-3-1-4-10-25/h1-14,22,28-29H,15-21,23-24H2,(H,36,41)/t28-,29-/m0/s1. The molecule has 4 amide bonds. The van der Waals surface area contributed by atoms with Crippen LogP contribution in [0.1, 0.15) is 28.1 Å². The fourth-order valence-electron chi connectivity index (χ4n) is 5.94. The van der Waals surface area contributed by atoms with Gasteiger partial charge in [0.25, 0.3) is 5.91 Å². The first-order valence-electron chi connectivity index (χ1n) is 15.3. The Hall–Kier alpha value is -4.96. The van der Waals surface area contributed by atoms with Gasteiger partial charge in [-0.2, -0.15) is 0 Å². The molecule has 6 rings (SSSR count). The summed E-state index contributed by atoms with van der Waals surface area (Å²) in [7, 11) is 0. The van der Waals surface area contributed by atoms with Crippen LogP contribution < -0.4 is 5.32 Å². The van der Waals surface area contributed by atoms with Crippen LogP contribution in [-0.2, 0) is 32.1 Å². The number of carbonyl (C=O) groups is 4. The van der Waals surface area contributed by atoms with Gasteiger partial charge in [-0.3, -0.25) is 19.2 Å². The highest BCUT2D eigenvalue weighted by Crippen LogP contribution is 2.22.